The number of rotatable bonds is 35. The quantitative estimate of drug-likeness (QED) is 0.00930. The summed E-state index contributed by atoms with van der Waals surface area (Å²) in [5, 5.41) is 63.7. The lowest BCUT2D eigenvalue weighted by molar-refractivity contribution is -0.141. The van der Waals surface area contributed by atoms with Crippen molar-refractivity contribution in [3.8, 4) is 46.1 Å². The van der Waals surface area contributed by atoms with E-state index >= 15 is 0 Å². The molecule has 0 fully saturated rings. The van der Waals surface area contributed by atoms with Gasteiger partial charge in [0.05, 0.1) is 41.9 Å². The highest BCUT2D eigenvalue weighted by Gasteiger charge is 2.28. The van der Waals surface area contributed by atoms with Gasteiger partial charge in [-0.15, -0.1) is 5.11 Å². The maximum atomic E-state index is 13.8. The Morgan fingerprint density at radius 2 is 1.21 bits per heavy atom. The first-order valence-electron chi connectivity index (χ1n) is 34.2. The molecule has 0 bridgehead atoms. The van der Waals surface area contributed by atoms with Gasteiger partial charge in [0.25, 0.3) is 17.4 Å². The highest BCUT2D eigenvalue weighted by Crippen LogP contribution is 2.41. The van der Waals surface area contributed by atoms with E-state index in [0.29, 0.717) is 51.7 Å². The fourth-order valence-corrected chi connectivity index (χ4v) is 11.6. The number of ether oxygens (including phenoxy) is 5. The number of carboxylic acid groups (broad SMARTS) is 1. The third-order valence-corrected chi connectivity index (χ3v) is 17.3. The molecule has 26 heteroatoms. The summed E-state index contributed by atoms with van der Waals surface area (Å²) >= 11 is 5.49. The molecular formula is C76H88N10O15S. The van der Waals surface area contributed by atoms with Gasteiger partial charge in [-0.1, -0.05) is 178 Å². The predicted octanol–water partition coefficient (Wildman–Crippen LogP) is 15.9. The van der Waals surface area contributed by atoms with E-state index in [1.807, 2.05) is 57.2 Å². The van der Waals surface area contributed by atoms with Crippen LogP contribution in [0.25, 0.3) is 27.2 Å². The number of azo groups is 1. The molecule has 0 saturated heterocycles. The number of primary amides is 1. The summed E-state index contributed by atoms with van der Waals surface area (Å²) in [6, 6.07) is 36.4. The van der Waals surface area contributed by atoms with Gasteiger partial charge in [0.1, 0.15) is 66.5 Å². The van der Waals surface area contributed by atoms with Crippen LogP contribution in [0.4, 0.5) is 21.9 Å². The zero-order valence-electron chi connectivity index (χ0n) is 58.3. The Bertz CT molecular complexity index is 4550. The molecule has 102 heavy (non-hydrogen) atoms. The van der Waals surface area contributed by atoms with Crippen LogP contribution in [0.15, 0.2) is 148 Å². The number of tetrazole rings is 1. The lowest BCUT2D eigenvalue weighted by atomic mass is 9.97. The Morgan fingerprint density at radius 3 is 1.84 bits per heavy atom. The van der Waals surface area contributed by atoms with Crippen molar-refractivity contribution in [2.45, 2.75) is 144 Å². The number of nitrogens with zero attached hydrogens (tertiary/aromatic N) is 8. The minimum Gasteiger partial charge on any atom is -0.507 e. The molecule has 7 N–H and O–H groups in total. The van der Waals surface area contributed by atoms with E-state index < -0.39 is 53.4 Å². The summed E-state index contributed by atoms with van der Waals surface area (Å²) in [6.45, 7) is 10.5. The first kappa shape index (κ1) is 76.6. The summed E-state index contributed by atoms with van der Waals surface area (Å²) in [5.41, 5.74) is 4.86. The molecule has 0 aliphatic carbocycles. The molecule has 538 valence electrons. The molecule has 0 unspecified atom stereocenters. The van der Waals surface area contributed by atoms with Crippen LogP contribution in [0.3, 0.4) is 0 Å². The van der Waals surface area contributed by atoms with E-state index in [9.17, 15) is 49.2 Å². The summed E-state index contributed by atoms with van der Waals surface area (Å²) in [7, 11) is 1.21. The van der Waals surface area contributed by atoms with Crippen molar-refractivity contribution in [1.29, 1.82) is 0 Å². The van der Waals surface area contributed by atoms with Crippen LogP contribution in [0.1, 0.15) is 166 Å². The minimum absolute atomic E-state index is 0.00915. The molecule has 0 radical (unpaired) electrons. The molecule has 0 aliphatic heterocycles. The third-order valence-electron chi connectivity index (χ3n) is 16.9. The number of methoxy groups -OCH3 is 1. The van der Waals surface area contributed by atoms with E-state index in [1.165, 1.54) is 113 Å². The van der Waals surface area contributed by atoms with Crippen LogP contribution in [0.5, 0.6) is 40.4 Å². The third kappa shape index (κ3) is 20.1. The van der Waals surface area contributed by atoms with Gasteiger partial charge >= 0.3 is 18.0 Å². The number of nitrogens with two attached hydrogens (primary N) is 1. The van der Waals surface area contributed by atoms with E-state index in [-0.39, 0.29) is 81.3 Å². The number of nitrogens with one attached hydrogen (secondary N) is 1. The highest BCUT2D eigenvalue weighted by molar-refractivity contribution is 7.71. The number of hydrogen-bond acceptors (Lipinski definition) is 19. The second-order valence-electron chi connectivity index (χ2n) is 24.5. The SMILES string of the molecule is CCCCCCCCCCCCCCOc1ccccc1NC(=O)c1cc(OC(=O)N(CC(=O)OC)Cn2nnn(CCCC)c2=S)c2ccccc2c1O.Cc1c(C(N)=O)c(O)n(-c2ccccc2C(=O)O)c(=O)c1N=Nc1ccc(OCCOc2cc(C(C)C)c(O)c3ccccc23)cc1. The lowest BCUT2D eigenvalue weighted by Crippen LogP contribution is -2.39. The van der Waals surface area contributed by atoms with Gasteiger partial charge in [0.15, 0.2) is 5.69 Å². The van der Waals surface area contributed by atoms with Gasteiger partial charge in [0.2, 0.25) is 10.7 Å². The summed E-state index contributed by atoms with van der Waals surface area (Å²) < 4.78 is 32.4. The number of aromatic nitrogens is 5. The summed E-state index contributed by atoms with van der Waals surface area (Å²) in [5.74, 6) is -2.79. The zero-order valence-corrected chi connectivity index (χ0v) is 59.1. The van der Waals surface area contributed by atoms with Crippen molar-refractivity contribution in [3.63, 3.8) is 0 Å². The minimum atomic E-state index is -1.35. The molecule has 0 aliphatic rings. The normalized spacial score (nSPS) is 11.2. The number of carbonyl (C=O) groups is 5. The average Bonchev–Trinajstić information content (AvgIpc) is 0.844. The summed E-state index contributed by atoms with van der Waals surface area (Å²) in [4.78, 5) is 78.4. The Morgan fingerprint density at radius 1 is 0.637 bits per heavy atom. The second kappa shape index (κ2) is 37.9. The van der Waals surface area contributed by atoms with Gasteiger partial charge in [-0.25, -0.2) is 18.8 Å². The van der Waals surface area contributed by atoms with Crippen molar-refractivity contribution in [1.82, 2.24) is 29.3 Å². The fraction of sp³-hybridized carbons (Fsp3) is 0.355. The molecule has 7 aromatic carbocycles. The molecule has 25 nitrogen and oxygen atoms in total. The molecular weight excluding hydrogens is 1320 g/mol. The molecule has 2 heterocycles. The number of fused-ring (bicyclic) bond motifs is 2. The van der Waals surface area contributed by atoms with Gasteiger partial charge in [-0.05, 0) is 109 Å². The Kier molecular flexibility index (Phi) is 28.4. The first-order chi connectivity index (χ1) is 49.3. The number of phenols is 2. The molecule has 3 amide bonds. The summed E-state index contributed by atoms with van der Waals surface area (Å²) in [6.07, 6.45) is 15.8. The Balaban J connectivity index is 0.000000262. The number of carboxylic acids is 1. The van der Waals surface area contributed by atoms with E-state index in [0.717, 1.165) is 46.9 Å². The largest absolute Gasteiger partial charge is 0.507 e. The van der Waals surface area contributed by atoms with Crippen LogP contribution < -0.4 is 35.6 Å². The van der Waals surface area contributed by atoms with Gasteiger partial charge in [0, 0.05) is 39.2 Å². The van der Waals surface area contributed by atoms with Gasteiger partial charge in [-0.3, -0.25) is 24.1 Å². The topological polar surface area (TPSA) is 336 Å². The number of anilines is 1. The van der Waals surface area contributed by atoms with Crippen LogP contribution >= 0.6 is 12.2 Å². The van der Waals surface area contributed by atoms with Crippen molar-refractivity contribution in [2.24, 2.45) is 16.0 Å². The van der Waals surface area contributed by atoms with Crippen LogP contribution in [0.2, 0.25) is 0 Å². The number of aromatic hydroxyl groups is 3. The van der Waals surface area contributed by atoms with Crippen LogP contribution in [0, 0.1) is 11.7 Å². The number of benzene rings is 7. The monoisotopic (exact) mass is 1410 g/mol. The highest BCUT2D eigenvalue weighted by atomic mass is 32.1. The number of hydrogen-bond donors (Lipinski definition) is 6. The number of unbranched alkanes of at least 4 members (excludes halogenated alkanes) is 12. The maximum absolute atomic E-state index is 13.8. The standard InChI is InChI=1S/C41H56N6O7S.C35H32N4O8/c1-4-6-8-9-10-11-12-13-14-15-16-21-27-53-35-25-20-19-24-34(35)42-39(50)33-28-36(31-22-17-18-23-32(31)38(33)49)54-41(51)45(29-37(48)52-3)30-47-40(55)46(43-44-47)26-7-5-2;1-19(2)26-18-28(23-8-4-5-9-24(23)31(26)40)47-17-16-46-22-14-12-21(13-15-22)37-38-30-20(3)29(32(36)41)33(42)39(34(30)43)27-11-7-6-10-25(27)35(44)45/h17-20,22-25,28,49H,4-16,21,26-27,29-30H2,1-3H3,(H,42,50);4-15,18-19,40,42H,16-17H2,1-3H3,(H2,36,41)(H,44,45). The van der Waals surface area contributed by atoms with E-state index in [2.05, 4.69) is 32.9 Å². The van der Waals surface area contributed by atoms with Crippen molar-refractivity contribution in [3.05, 3.63) is 176 Å². The number of carbonyl (C=O) groups excluding carboxylic acids is 4. The van der Waals surface area contributed by atoms with Crippen molar-refractivity contribution >= 4 is 80.7 Å². The molecule has 0 atom stereocenters. The van der Waals surface area contributed by atoms with Crippen molar-refractivity contribution in [2.75, 3.05) is 38.8 Å². The van der Waals surface area contributed by atoms with E-state index in [1.54, 1.807) is 71.4 Å². The number of esters is 1. The molecule has 0 spiro atoms. The number of aryl methyl sites for hydroxylation is 1. The Hall–Kier alpha value is -11.2. The molecule has 9 aromatic rings. The lowest BCUT2D eigenvalue weighted by Gasteiger charge is -2.21. The number of pyridine rings is 1. The number of amides is 3. The van der Waals surface area contributed by atoms with Gasteiger partial charge in [-0.2, -0.15) is 9.80 Å². The number of aromatic carboxylic acids is 1. The Labute approximate surface area is 596 Å². The molecule has 9 rings (SSSR count). The van der Waals surface area contributed by atoms with Gasteiger partial charge < -0.3 is 55.2 Å². The average molecular weight is 1410 g/mol. The molecule has 2 aromatic heterocycles. The van der Waals surface area contributed by atoms with Crippen molar-refractivity contribution < 1.29 is 68.1 Å². The van der Waals surface area contributed by atoms with Crippen LogP contribution in [-0.2, 0) is 22.7 Å². The number of para-hydroxylation sites is 3. The number of phenolic OH excluding ortho intramolecular Hbond substituents is 2. The first-order valence-corrected chi connectivity index (χ1v) is 34.6. The predicted molar refractivity (Wildman–Crippen MR) is 390 cm³/mol. The molecule has 0 saturated carbocycles. The maximum Gasteiger partial charge on any atom is 0.417 e. The zero-order chi connectivity index (χ0) is 73.2. The van der Waals surface area contributed by atoms with Crippen LogP contribution in [-0.4, -0.2) is 113 Å². The van der Waals surface area contributed by atoms with E-state index in [4.69, 9.17) is 41.6 Å². The fourth-order valence-electron chi connectivity index (χ4n) is 11.3. The smallest absolute Gasteiger partial charge is 0.417 e. The second-order valence-corrected chi connectivity index (χ2v) is 24.9.